The van der Waals surface area contributed by atoms with E-state index in [9.17, 15) is 4.39 Å². The van der Waals surface area contributed by atoms with Gasteiger partial charge in [-0.15, -0.1) is 11.6 Å². The molecule has 0 saturated heterocycles. The van der Waals surface area contributed by atoms with E-state index in [1.165, 1.54) is 0 Å². The van der Waals surface area contributed by atoms with E-state index >= 15 is 0 Å². The van der Waals surface area contributed by atoms with Crippen LogP contribution in [0, 0.1) is 0 Å². The maximum atomic E-state index is 11.3. The van der Waals surface area contributed by atoms with Crippen molar-refractivity contribution in [3.63, 3.8) is 0 Å². The minimum absolute atomic E-state index is 0.00395. The Bertz CT molecular complexity index is 30.0. The number of hydrogen-bond acceptors (Lipinski definition) is 0. The zero-order chi connectivity index (χ0) is 4.99. The molecule has 1 unspecified atom stereocenters. The molecule has 0 aliphatic heterocycles. The molecule has 0 nitrogen and oxygen atoms in total. The quantitative estimate of drug-likeness (QED) is 0.495. The van der Waals surface area contributed by atoms with Crippen LogP contribution in [-0.4, -0.2) is 16.5 Å². The van der Waals surface area contributed by atoms with Crippen molar-refractivity contribution in [3.05, 3.63) is 0 Å². The molecule has 0 heterocycles. The molecule has 0 amide bonds. The van der Waals surface area contributed by atoms with Crippen molar-refractivity contribution in [2.24, 2.45) is 0 Å². The summed E-state index contributed by atoms with van der Waals surface area (Å²) in [5, 5.41) is 0. The van der Waals surface area contributed by atoms with Crippen LogP contribution in [0.3, 0.4) is 0 Å². The first-order valence-corrected chi connectivity index (χ1v) is 3.35. The van der Waals surface area contributed by atoms with Gasteiger partial charge in [0.15, 0.2) is 0 Å². The highest BCUT2D eigenvalue weighted by atomic mass is 127. The van der Waals surface area contributed by atoms with Gasteiger partial charge in [-0.3, -0.25) is 0 Å². The average molecular weight is 222 g/mol. The van der Waals surface area contributed by atoms with Crippen LogP contribution in [0.25, 0.3) is 0 Å². The fourth-order valence-corrected chi connectivity index (χ4v) is 0.124. The topological polar surface area (TPSA) is 0 Å². The first kappa shape index (κ1) is 6.95. The van der Waals surface area contributed by atoms with Crippen LogP contribution in [0.1, 0.15) is 0 Å². The lowest BCUT2D eigenvalue weighted by atomic mass is 10.6. The summed E-state index contributed by atoms with van der Waals surface area (Å²) in [6, 6.07) is 0. The third-order valence-corrected chi connectivity index (χ3v) is 2.00. The third kappa shape index (κ3) is 3.15. The maximum Gasteiger partial charge on any atom is 0.102 e. The first-order valence-electron chi connectivity index (χ1n) is 1.57. The van der Waals surface area contributed by atoms with Crippen molar-refractivity contribution < 1.29 is 4.39 Å². The highest BCUT2D eigenvalue weighted by Gasteiger charge is 1.96. The minimum atomic E-state index is -0.315. The molecule has 0 aromatic carbocycles. The predicted octanol–water partition coefficient (Wildman–Crippen LogP) is 2.00. The fourth-order valence-electron chi connectivity index (χ4n) is 0.0412. The number of hydrogen-bond donors (Lipinski definition) is 0. The monoisotopic (exact) mass is 222 g/mol. The number of alkyl halides is 3. The molecule has 6 heavy (non-hydrogen) atoms. The largest absolute Gasteiger partial charge is 0.250 e. The zero-order valence-corrected chi connectivity index (χ0v) is 6.04. The van der Waals surface area contributed by atoms with Crippen LogP contribution in [-0.2, 0) is 0 Å². The molecule has 0 N–H and O–H groups in total. The van der Waals surface area contributed by atoms with Crippen LogP contribution < -0.4 is 0 Å². The Morgan fingerprint density at radius 3 is 2.33 bits per heavy atom. The van der Waals surface area contributed by atoms with E-state index in [1.807, 2.05) is 22.6 Å². The van der Waals surface area contributed by atoms with Crippen molar-refractivity contribution in [2.45, 2.75) is 3.92 Å². The SMILES string of the molecule is FCC(I)CCl. The number of rotatable bonds is 2. The molecule has 0 aliphatic carbocycles. The van der Waals surface area contributed by atoms with Gasteiger partial charge in [0.2, 0.25) is 0 Å². The van der Waals surface area contributed by atoms with Crippen molar-refractivity contribution in [3.8, 4) is 0 Å². The van der Waals surface area contributed by atoms with Gasteiger partial charge in [-0.2, -0.15) is 0 Å². The predicted molar refractivity (Wildman–Crippen MR) is 34.5 cm³/mol. The second-order valence-corrected chi connectivity index (χ2v) is 2.98. The van der Waals surface area contributed by atoms with Gasteiger partial charge in [0, 0.05) is 5.88 Å². The Kier molecular flexibility index (Phi) is 4.77. The van der Waals surface area contributed by atoms with Gasteiger partial charge in [0.05, 0.1) is 3.92 Å². The van der Waals surface area contributed by atoms with E-state index in [2.05, 4.69) is 0 Å². The summed E-state index contributed by atoms with van der Waals surface area (Å²) in [5.74, 6) is 0.414. The Balaban J connectivity index is 2.75. The molecule has 0 aromatic heterocycles. The summed E-state index contributed by atoms with van der Waals surface area (Å²) in [6.07, 6.45) is 0. The standard InChI is InChI=1S/C3H5ClFI/c4-1-3(6)2-5/h3H,1-2H2. The Morgan fingerprint density at radius 1 is 1.83 bits per heavy atom. The molecule has 0 saturated carbocycles. The van der Waals surface area contributed by atoms with E-state index < -0.39 is 0 Å². The van der Waals surface area contributed by atoms with Crippen molar-refractivity contribution in [1.82, 2.24) is 0 Å². The second-order valence-electron chi connectivity index (χ2n) is 0.906. The summed E-state index contributed by atoms with van der Waals surface area (Å²) >= 11 is 7.17. The average Bonchev–Trinajstić information content (AvgIpc) is 1.65. The second kappa shape index (κ2) is 4.12. The van der Waals surface area contributed by atoms with Gasteiger partial charge < -0.3 is 0 Å². The Hall–Kier alpha value is 0.950. The molecule has 3 heteroatoms. The van der Waals surface area contributed by atoms with Crippen LogP contribution in [0.2, 0.25) is 0 Å². The lowest BCUT2D eigenvalue weighted by molar-refractivity contribution is 0.503. The van der Waals surface area contributed by atoms with Crippen LogP contribution >= 0.6 is 34.2 Å². The van der Waals surface area contributed by atoms with E-state index in [4.69, 9.17) is 11.6 Å². The molecule has 0 radical (unpaired) electrons. The van der Waals surface area contributed by atoms with Crippen LogP contribution in [0.15, 0.2) is 0 Å². The Labute approximate surface area is 55.2 Å². The smallest absolute Gasteiger partial charge is 0.102 e. The highest BCUT2D eigenvalue weighted by molar-refractivity contribution is 14.1. The molecule has 1 atom stereocenters. The van der Waals surface area contributed by atoms with Crippen molar-refractivity contribution in [1.29, 1.82) is 0 Å². The molecule has 0 aromatic rings. The normalized spacial score (nSPS) is 14.5. The van der Waals surface area contributed by atoms with Gasteiger partial charge in [-0.05, 0) is 0 Å². The molecule has 0 rings (SSSR count). The van der Waals surface area contributed by atoms with Gasteiger partial charge in [0.25, 0.3) is 0 Å². The summed E-state index contributed by atoms with van der Waals surface area (Å²) in [6.45, 7) is -0.315. The third-order valence-electron chi connectivity index (χ3n) is 0.335. The van der Waals surface area contributed by atoms with Crippen LogP contribution in [0.5, 0.6) is 0 Å². The lowest BCUT2D eigenvalue weighted by Gasteiger charge is -1.91. The van der Waals surface area contributed by atoms with Gasteiger partial charge in [-0.25, -0.2) is 4.39 Å². The van der Waals surface area contributed by atoms with Crippen molar-refractivity contribution >= 4 is 34.2 Å². The lowest BCUT2D eigenvalue weighted by Crippen LogP contribution is -1.99. The van der Waals surface area contributed by atoms with E-state index in [-0.39, 0.29) is 10.6 Å². The molecule has 38 valence electrons. The Morgan fingerprint density at radius 2 is 2.33 bits per heavy atom. The molecule has 0 bridgehead atoms. The minimum Gasteiger partial charge on any atom is -0.250 e. The molecular formula is C3H5ClFI. The van der Waals surface area contributed by atoms with E-state index in [0.717, 1.165) is 0 Å². The van der Waals surface area contributed by atoms with Gasteiger partial charge in [0.1, 0.15) is 6.67 Å². The van der Waals surface area contributed by atoms with Crippen LogP contribution in [0.4, 0.5) is 4.39 Å². The maximum absolute atomic E-state index is 11.3. The molecular weight excluding hydrogens is 217 g/mol. The van der Waals surface area contributed by atoms with Crippen molar-refractivity contribution in [2.75, 3.05) is 12.6 Å². The molecule has 0 fully saturated rings. The number of halogens is 3. The summed E-state index contributed by atoms with van der Waals surface area (Å²) in [5.41, 5.74) is 0. The first-order chi connectivity index (χ1) is 2.81. The summed E-state index contributed by atoms with van der Waals surface area (Å²) < 4.78 is 11.3. The van der Waals surface area contributed by atoms with E-state index in [0.29, 0.717) is 5.88 Å². The highest BCUT2D eigenvalue weighted by Crippen LogP contribution is 2.01. The van der Waals surface area contributed by atoms with E-state index in [1.54, 1.807) is 0 Å². The summed E-state index contributed by atoms with van der Waals surface area (Å²) in [7, 11) is 0. The van der Waals surface area contributed by atoms with Gasteiger partial charge in [-0.1, -0.05) is 22.6 Å². The molecule has 0 spiro atoms. The zero-order valence-electron chi connectivity index (χ0n) is 3.13. The fraction of sp³-hybridized carbons (Fsp3) is 1.00. The van der Waals surface area contributed by atoms with Gasteiger partial charge >= 0.3 is 0 Å². The molecule has 0 aliphatic rings. The summed E-state index contributed by atoms with van der Waals surface area (Å²) in [4.78, 5) is 0.